The summed E-state index contributed by atoms with van der Waals surface area (Å²) in [4.78, 5) is 53.5. The molecule has 0 aromatic heterocycles. The summed E-state index contributed by atoms with van der Waals surface area (Å²) >= 11 is 0. The van der Waals surface area contributed by atoms with E-state index >= 15 is 0 Å². The Kier molecular flexibility index (Phi) is 16.4. The van der Waals surface area contributed by atoms with Crippen molar-refractivity contribution in [3.63, 3.8) is 0 Å². The van der Waals surface area contributed by atoms with Gasteiger partial charge in [-0.05, 0) is 0 Å². The van der Waals surface area contributed by atoms with Crippen LogP contribution in [-0.4, -0.2) is 128 Å². The van der Waals surface area contributed by atoms with Crippen molar-refractivity contribution in [3.8, 4) is 0 Å². The molecule has 13 heteroatoms. The Bertz CT molecular complexity index is 421. The number of esters is 2. The van der Waals surface area contributed by atoms with Gasteiger partial charge >= 0.3 is 106 Å². The van der Waals surface area contributed by atoms with Crippen LogP contribution in [0.3, 0.4) is 0 Å². The van der Waals surface area contributed by atoms with Crippen LogP contribution in [0.1, 0.15) is 18.5 Å². The molecular formula is C9H16Ca2N2O9. The SMILES string of the molecule is N[C@@H](CC(=O)OC(=O)OC(=O)C[C@H](N)C(=O)O)C(=O)O.[Ca+2].[Ca+2].[H-].[H-].[H-].[H-]. The molecule has 120 valence electrons. The molecule has 0 spiro atoms. The van der Waals surface area contributed by atoms with E-state index in [9.17, 15) is 24.0 Å². The molecule has 0 aliphatic carbocycles. The average molecular weight is 376 g/mol. The Hall–Kier alpha value is -0.0105. The number of carboxylic acids is 2. The van der Waals surface area contributed by atoms with Gasteiger partial charge in [0.25, 0.3) is 0 Å². The van der Waals surface area contributed by atoms with Crippen LogP contribution in [0, 0.1) is 0 Å². The third kappa shape index (κ3) is 12.5. The van der Waals surface area contributed by atoms with Crippen molar-refractivity contribution in [2.45, 2.75) is 24.9 Å². The minimum Gasteiger partial charge on any atom is -1.00 e. The van der Waals surface area contributed by atoms with Crippen LogP contribution in [0.5, 0.6) is 0 Å². The molecule has 0 aliphatic rings. The molecule has 0 bridgehead atoms. The fourth-order valence-electron chi connectivity index (χ4n) is 0.824. The van der Waals surface area contributed by atoms with Gasteiger partial charge in [0.2, 0.25) is 0 Å². The maximum absolute atomic E-state index is 11.0. The molecule has 0 aliphatic heterocycles. The van der Waals surface area contributed by atoms with E-state index in [1.165, 1.54) is 0 Å². The van der Waals surface area contributed by atoms with E-state index in [1.807, 2.05) is 0 Å². The summed E-state index contributed by atoms with van der Waals surface area (Å²) in [5.41, 5.74) is 9.98. The second-order valence-corrected chi connectivity index (χ2v) is 3.50. The van der Waals surface area contributed by atoms with Gasteiger partial charge in [-0.1, -0.05) is 0 Å². The normalized spacial score (nSPS) is 11.7. The molecule has 0 saturated heterocycles. The maximum Gasteiger partial charge on any atom is 2.00 e. The molecular weight excluding hydrogens is 360 g/mol. The van der Waals surface area contributed by atoms with Crippen LogP contribution in [-0.2, 0) is 28.7 Å². The number of carboxylic acid groups (broad SMARTS) is 2. The Morgan fingerprint density at radius 2 is 1.09 bits per heavy atom. The smallest absolute Gasteiger partial charge is 1.00 e. The Balaban J connectivity index is -0.000000120. The van der Waals surface area contributed by atoms with Gasteiger partial charge in [0, 0.05) is 0 Å². The first-order valence-electron chi connectivity index (χ1n) is 5.05. The molecule has 6 N–H and O–H groups in total. The first-order chi connectivity index (χ1) is 9.13. The zero-order valence-corrected chi connectivity index (χ0v) is 15.8. The van der Waals surface area contributed by atoms with Gasteiger partial charge in [-0.15, -0.1) is 0 Å². The van der Waals surface area contributed by atoms with Gasteiger partial charge in [-0.3, -0.25) is 19.2 Å². The van der Waals surface area contributed by atoms with E-state index in [2.05, 4.69) is 9.47 Å². The molecule has 2 atom stereocenters. The molecule has 22 heavy (non-hydrogen) atoms. The summed E-state index contributed by atoms with van der Waals surface area (Å²) in [5, 5.41) is 16.8. The van der Waals surface area contributed by atoms with E-state index in [4.69, 9.17) is 21.7 Å². The number of carbonyl (C=O) groups excluding carboxylic acids is 3. The first kappa shape index (κ1) is 26.9. The molecule has 11 nitrogen and oxygen atoms in total. The summed E-state index contributed by atoms with van der Waals surface area (Å²) < 4.78 is 7.86. The predicted octanol–water partition coefficient (Wildman–Crippen LogP) is -2.51. The molecule has 0 heterocycles. The number of hydrogen-bond acceptors (Lipinski definition) is 9. The summed E-state index contributed by atoms with van der Waals surface area (Å²) in [6, 6.07) is -3.15. The van der Waals surface area contributed by atoms with Crippen molar-refractivity contribution in [1.29, 1.82) is 0 Å². The number of rotatable bonds is 6. The Morgan fingerprint density at radius 1 is 0.818 bits per heavy atom. The third-order valence-electron chi connectivity index (χ3n) is 1.80. The topological polar surface area (TPSA) is 196 Å². The van der Waals surface area contributed by atoms with Crippen molar-refractivity contribution < 1.29 is 49.4 Å². The minimum absolute atomic E-state index is 0. The van der Waals surface area contributed by atoms with Gasteiger partial charge in [-0.2, -0.15) is 0 Å². The molecule has 0 aromatic carbocycles. The minimum atomic E-state index is -1.73. The number of ether oxygens (including phenoxy) is 2. The molecule has 0 aromatic rings. The molecule has 0 fully saturated rings. The number of hydrogen-bond donors (Lipinski definition) is 4. The van der Waals surface area contributed by atoms with Crippen LogP contribution >= 0.6 is 0 Å². The number of carbonyl (C=O) groups is 5. The number of aliphatic carboxylic acids is 2. The Morgan fingerprint density at radius 3 is 1.32 bits per heavy atom. The van der Waals surface area contributed by atoms with E-state index in [1.54, 1.807) is 0 Å². The van der Waals surface area contributed by atoms with Crippen LogP contribution in [0.25, 0.3) is 0 Å². The van der Waals surface area contributed by atoms with E-state index in [-0.39, 0.29) is 81.2 Å². The van der Waals surface area contributed by atoms with Gasteiger partial charge < -0.3 is 36.9 Å². The molecule has 0 unspecified atom stereocenters. The van der Waals surface area contributed by atoms with Crippen molar-refractivity contribution in [3.05, 3.63) is 0 Å². The van der Waals surface area contributed by atoms with Gasteiger partial charge in [0.15, 0.2) is 0 Å². The molecule has 0 amide bonds. The summed E-state index contributed by atoms with van der Waals surface area (Å²) in [5.74, 6) is -5.61. The Labute approximate surface area is 189 Å². The summed E-state index contributed by atoms with van der Waals surface area (Å²) in [6.45, 7) is 0. The third-order valence-corrected chi connectivity index (χ3v) is 1.80. The van der Waals surface area contributed by atoms with Crippen molar-refractivity contribution >= 4 is 106 Å². The fraction of sp³-hybridized carbons (Fsp3) is 0.444. The standard InChI is InChI=1S/C9H12N2O9.2Ca.4H/c10-3(7(14)15)1-5(12)19-9(18)20-6(13)2-4(11)8(16)17;;;;;;/h3-4H,1-2,10-11H2,(H,14,15)(H,16,17);;;;;;/q;2*+2;4*-1/t3-,4-;;;;;;/m0....../s1. The quantitative estimate of drug-likeness (QED) is 0.217. The fourth-order valence-corrected chi connectivity index (χ4v) is 0.824. The zero-order valence-electron chi connectivity index (χ0n) is 15.4. The van der Waals surface area contributed by atoms with Crippen LogP contribution < -0.4 is 11.5 Å². The van der Waals surface area contributed by atoms with E-state index in [0.717, 1.165) is 0 Å². The molecule has 0 rings (SSSR count). The number of nitrogens with two attached hydrogens (primary N) is 2. The molecule has 0 radical (unpaired) electrons. The summed E-state index contributed by atoms with van der Waals surface area (Å²) in [6.07, 6.45) is -3.35. The van der Waals surface area contributed by atoms with Crippen molar-refractivity contribution in [2.75, 3.05) is 0 Å². The van der Waals surface area contributed by atoms with Gasteiger partial charge in [-0.25, -0.2) is 4.79 Å². The van der Waals surface area contributed by atoms with Gasteiger partial charge in [0.1, 0.15) is 12.1 Å². The maximum atomic E-state index is 11.0. The van der Waals surface area contributed by atoms with Gasteiger partial charge in [0.05, 0.1) is 12.8 Å². The van der Waals surface area contributed by atoms with Crippen molar-refractivity contribution in [2.24, 2.45) is 11.5 Å². The van der Waals surface area contributed by atoms with Crippen LogP contribution in [0.2, 0.25) is 0 Å². The van der Waals surface area contributed by atoms with E-state index in [0.29, 0.717) is 0 Å². The second kappa shape index (κ2) is 13.4. The second-order valence-electron chi connectivity index (χ2n) is 3.50. The zero-order chi connectivity index (χ0) is 15.9. The van der Waals surface area contributed by atoms with Crippen molar-refractivity contribution in [1.82, 2.24) is 0 Å². The predicted molar refractivity (Wildman–Crippen MR) is 74.0 cm³/mol. The van der Waals surface area contributed by atoms with Crippen LogP contribution in [0.4, 0.5) is 4.79 Å². The largest absolute Gasteiger partial charge is 2.00 e. The summed E-state index contributed by atoms with van der Waals surface area (Å²) in [7, 11) is 0. The first-order valence-corrected chi connectivity index (χ1v) is 5.05. The molecule has 0 saturated carbocycles. The van der Waals surface area contributed by atoms with E-state index < -0.39 is 55.0 Å². The van der Waals surface area contributed by atoms with Crippen LogP contribution in [0.15, 0.2) is 0 Å². The monoisotopic (exact) mass is 376 g/mol. The average Bonchev–Trinajstić information content (AvgIpc) is 2.27.